The molecule has 0 saturated heterocycles. The number of H-pyrrole nitrogens is 2. The number of benzene rings is 1. The van der Waals surface area contributed by atoms with Gasteiger partial charge in [-0.1, -0.05) is 0 Å². The molecule has 4 aromatic rings. The Morgan fingerprint density at radius 2 is 2.00 bits per heavy atom. The van der Waals surface area contributed by atoms with E-state index in [1.807, 2.05) is 47.2 Å². The van der Waals surface area contributed by atoms with Gasteiger partial charge >= 0.3 is 0 Å². The first-order chi connectivity index (χ1) is 11.3. The molecule has 3 aromatic heterocycles. The van der Waals surface area contributed by atoms with Crippen molar-refractivity contribution in [3.05, 3.63) is 53.6 Å². The van der Waals surface area contributed by atoms with Crippen LogP contribution in [0.5, 0.6) is 5.75 Å². The maximum atomic E-state index is 5.40. The van der Waals surface area contributed by atoms with Crippen molar-refractivity contribution in [2.75, 3.05) is 7.11 Å². The third kappa shape index (κ3) is 2.22. The van der Waals surface area contributed by atoms with Gasteiger partial charge in [0.1, 0.15) is 11.4 Å². The van der Waals surface area contributed by atoms with Crippen molar-refractivity contribution in [2.45, 2.75) is 0 Å². The van der Waals surface area contributed by atoms with Crippen LogP contribution in [0.15, 0.2) is 48.8 Å². The van der Waals surface area contributed by atoms with Crippen molar-refractivity contribution in [1.29, 1.82) is 0 Å². The summed E-state index contributed by atoms with van der Waals surface area (Å²) in [5.41, 5.74) is 2.67. The summed E-state index contributed by atoms with van der Waals surface area (Å²) in [4.78, 5) is 7.47. The van der Waals surface area contributed by atoms with Crippen LogP contribution in [0.4, 0.5) is 0 Å². The van der Waals surface area contributed by atoms with Gasteiger partial charge in [-0.05, 0) is 48.6 Å². The van der Waals surface area contributed by atoms with E-state index >= 15 is 0 Å². The molecule has 0 fully saturated rings. The summed E-state index contributed by atoms with van der Waals surface area (Å²) in [5.74, 6) is 1.53. The van der Waals surface area contributed by atoms with E-state index in [0.29, 0.717) is 4.77 Å². The lowest BCUT2D eigenvalue weighted by molar-refractivity contribution is 0.414. The molecular formula is C16H13N5OS. The molecule has 7 heteroatoms. The SMILES string of the molecule is COc1ccc(-n2c(-c3c[nH]c4ncccc34)n[nH]c2=S)cc1. The van der Waals surface area contributed by atoms with Crippen LogP contribution in [0, 0.1) is 4.77 Å². The number of nitrogens with one attached hydrogen (secondary N) is 2. The van der Waals surface area contributed by atoms with Gasteiger partial charge in [-0.2, -0.15) is 5.10 Å². The van der Waals surface area contributed by atoms with Gasteiger partial charge in [0.2, 0.25) is 0 Å². The van der Waals surface area contributed by atoms with E-state index in [2.05, 4.69) is 20.2 Å². The second-order valence-electron chi connectivity index (χ2n) is 4.99. The Kier molecular flexibility index (Phi) is 3.20. The van der Waals surface area contributed by atoms with Gasteiger partial charge in [0.05, 0.1) is 12.8 Å². The highest BCUT2D eigenvalue weighted by molar-refractivity contribution is 7.71. The zero-order valence-corrected chi connectivity index (χ0v) is 13.1. The fraction of sp³-hybridized carbons (Fsp3) is 0.0625. The van der Waals surface area contributed by atoms with Crippen molar-refractivity contribution in [1.82, 2.24) is 24.7 Å². The molecule has 3 heterocycles. The number of aromatic amines is 2. The summed E-state index contributed by atoms with van der Waals surface area (Å²) in [7, 11) is 1.64. The lowest BCUT2D eigenvalue weighted by Gasteiger charge is -2.07. The molecule has 1 aromatic carbocycles. The Labute approximate surface area is 136 Å². The number of ether oxygens (including phenoxy) is 1. The Bertz CT molecular complexity index is 1030. The highest BCUT2D eigenvalue weighted by atomic mass is 32.1. The molecule has 0 aliphatic rings. The highest BCUT2D eigenvalue weighted by Gasteiger charge is 2.15. The summed E-state index contributed by atoms with van der Waals surface area (Å²) < 4.78 is 7.63. The van der Waals surface area contributed by atoms with Crippen LogP contribution in [-0.2, 0) is 0 Å². The van der Waals surface area contributed by atoms with Crippen LogP contribution in [0.2, 0.25) is 0 Å². The first-order valence-corrected chi connectivity index (χ1v) is 7.43. The van der Waals surface area contributed by atoms with Crippen molar-refractivity contribution in [3.63, 3.8) is 0 Å². The molecule has 114 valence electrons. The Morgan fingerprint density at radius 3 is 2.78 bits per heavy atom. The van der Waals surface area contributed by atoms with Gasteiger partial charge in [0, 0.05) is 23.3 Å². The zero-order valence-electron chi connectivity index (χ0n) is 12.3. The molecule has 0 aliphatic carbocycles. The van der Waals surface area contributed by atoms with E-state index in [1.165, 1.54) is 0 Å². The van der Waals surface area contributed by atoms with Crippen molar-refractivity contribution in [3.8, 4) is 22.8 Å². The van der Waals surface area contributed by atoms with Gasteiger partial charge in [0.25, 0.3) is 0 Å². The average Bonchev–Trinajstić information content (AvgIpc) is 3.18. The molecule has 4 rings (SSSR count). The van der Waals surface area contributed by atoms with Gasteiger partial charge in [0.15, 0.2) is 10.6 Å². The van der Waals surface area contributed by atoms with Crippen LogP contribution in [-0.4, -0.2) is 31.8 Å². The first kappa shape index (κ1) is 13.7. The molecule has 0 amide bonds. The van der Waals surface area contributed by atoms with Gasteiger partial charge in [-0.15, -0.1) is 0 Å². The molecular weight excluding hydrogens is 310 g/mol. The van der Waals surface area contributed by atoms with Crippen molar-refractivity contribution >= 4 is 23.3 Å². The number of fused-ring (bicyclic) bond motifs is 1. The highest BCUT2D eigenvalue weighted by Crippen LogP contribution is 2.28. The lowest BCUT2D eigenvalue weighted by atomic mass is 10.2. The first-order valence-electron chi connectivity index (χ1n) is 7.02. The number of hydrogen-bond donors (Lipinski definition) is 2. The Hall–Kier alpha value is -2.93. The molecule has 23 heavy (non-hydrogen) atoms. The quantitative estimate of drug-likeness (QED) is 0.566. The summed E-state index contributed by atoms with van der Waals surface area (Å²) >= 11 is 5.40. The lowest BCUT2D eigenvalue weighted by Crippen LogP contribution is -1.97. The maximum absolute atomic E-state index is 5.40. The van der Waals surface area contributed by atoms with Gasteiger partial charge in [-0.3, -0.25) is 9.67 Å². The predicted octanol–water partition coefficient (Wildman–Crippen LogP) is 3.48. The van der Waals surface area contributed by atoms with Gasteiger partial charge < -0.3 is 9.72 Å². The fourth-order valence-corrected chi connectivity index (χ4v) is 2.83. The van der Waals surface area contributed by atoms with E-state index in [0.717, 1.165) is 33.9 Å². The minimum absolute atomic E-state index is 0.531. The van der Waals surface area contributed by atoms with E-state index in [4.69, 9.17) is 17.0 Å². The molecule has 0 unspecified atom stereocenters. The topological polar surface area (TPSA) is 71.5 Å². The minimum Gasteiger partial charge on any atom is -0.497 e. The number of methoxy groups -OCH3 is 1. The van der Waals surface area contributed by atoms with E-state index in [-0.39, 0.29) is 0 Å². The third-order valence-corrected chi connectivity index (χ3v) is 3.97. The monoisotopic (exact) mass is 323 g/mol. The molecule has 0 aliphatic heterocycles. The second-order valence-corrected chi connectivity index (χ2v) is 5.37. The third-order valence-electron chi connectivity index (χ3n) is 3.69. The Morgan fingerprint density at radius 1 is 1.17 bits per heavy atom. The zero-order chi connectivity index (χ0) is 15.8. The summed E-state index contributed by atoms with van der Waals surface area (Å²) in [6.45, 7) is 0. The van der Waals surface area contributed by atoms with Crippen molar-refractivity contribution < 1.29 is 4.74 Å². The van der Waals surface area contributed by atoms with Crippen LogP contribution in [0.1, 0.15) is 0 Å². The summed E-state index contributed by atoms with van der Waals surface area (Å²) in [6, 6.07) is 11.6. The standard InChI is InChI=1S/C16H13N5OS/c1-22-11-6-4-10(5-7-11)21-15(19-20-16(21)23)13-9-18-14-12(13)3-2-8-17-14/h2-9H,1H3,(H,17,18)(H,20,23). The summed E-state index contributed by atoms with van der Waals surface area (Å²) in [6.07, 6.45) is 3.64. The molecule has 2 N–H and O–H groups in total. The number of pyridine rings is 1. The number of aromatic nitrogens is 5. The maximum Gasteiger partial charge on any atom is 0.200 e. The van der Waals surface area contributed by atoms with Crippen LogP contribution in [0.3, 0.4) is 0 Å². The Balaban J connectivity index is 1.92. The molecule has 0 bridgehead atoms. The van der Waals surface area contributed by atoms with Crippen LogP contribution >= 0.6 is 12.2 Å². The molecule has 0 atom stereocenters. The summed E-state index contributed by atoms with van der Waals surface area (Å²) in [5, 5.41) is 8.26. The number of hydrogen-bond acceptors (Lipinski definition) is 4. The molecule has 0 saturated carbocycles. The van der Waals surface area contributed by atoms with E-state index < -0.39 is 0 Å². The smallest absolute Gasteiger partial charge is 0.200 e. The van der Waals surface area contributed by atoms with E-state index in [1.54, 1.807) is 13.3 Å². The predicted molar refractivity (Wildman–Crippen MR) is 90.4 cm³/mol. The minimum atomic E-state index is 0.531. The van der Waals surface area contributed by atoms with Crippen molar-refractivity contribution in [2.24, 2.45) is 0 Å². The van der Waals surface area contributed by atoms with Crippen LogP contribution in [0.25, 0.3) is 28.1 Å². The second kappa shape index (κ2) is 5.36. The number of nitrogens with zero attached hydrogens (tertiary/aromatic N) is 3. The normalized spacial score (nSPS) is 11.0. The number of rotatable bonds is 3. The van der Waals surface area contributed by atoms with Crippen LogP contribution < -0.4 is 4.74 Å². The molecule has 0 spiro atoms. The largest absolute Gasteiger partial charge is 0.497 e. The average molecular weight is 323 g/mol. The molecule has 0 radical (unpaired) electrons. The van der Waals surface area contributed by atoms with E-state index in [9.17, 15) is 0 Å². The van der Waals surface area contributed by atoms with Gasteiger partial charge in [-0.25, -0.2) is 4.98 Å². The fourth-order valence-electron chi connectivity index (χ4n) is 2.59. The molecule has 6 nitrogen and oxygen atoms in total.